The quantitative estimate of drug-likeness (QED) is 0.829. The van der Waals surface area contributed by atoms with Crippen LogP contribution in [0.5, 0.6) is 0 Å². The molecule has 0 atom stereocenters. The number of nitrogens with two attached hydrogens (primary N) is 1. The molecule has 3 nitrogen and oxygen atoms in total. The number of nitrogens with one attached hydrogen (secondary N) is 1. The van der Waals surface area contributed by atoms with E-state index in [0.29, 0.717) is 0 Å². The smallest absolute Gasteiger partial charge is 0.255 e. The Morgan fingerprint density at radius 2 is 1.95 bits per heavy atom. The van der Waals surface area contributed by atoms with Crippen molar-refractivity contribution in [2.75, 3.05) is 11.1 Å². The average Bonchev–Trinajstić information content (AvgIpc) is 2.39. The minimum absolute atomic E-state index is 0.00933. The second-order valence-electron chi connectivity index (χ2n) is 4.22. The van der Waals surface area contributed by atoms with Crippen molar-refractivity contribution in [2.24, 2.45) is 0 Å². The van der Waals surface area contributed by atoms with E-state index in [1.807, 2.05) is 0 Å². The summed E-state index contributed by atoms with van der Waals surface area (Å²) in [7, 11) is 0. The molecule has 0 bridgehead atoms. The van der Waals surface area contributed by atoms with Gasteiger partial charge in [-0.05, 0) is 31.2 Å². The fourth-order valence-electron chi connectivity index (χ4n) is 1.63. The van der Waals surface area contributed by atoms with Crippen molar-refractivity contribution in [1.82, 2.24) is 0 Å². The van der Waals surface area contributed by atoms with E-state index in [9.17, 15) is 13.6 Å². The summed E-state index contributed by atoms with van der Waals surface area (Å²) in [6, 6.07) is 6.37. The molecule has 6 heteroatoms. The summed E-state index contributed by atoms with van der Waals surface area (Å²) in [6.45, 7) is 1.50. The van der Waals surface area contributed by atoms with Crippen LogP contribution in [0.4, 0.5) is 20.2 Å². The Balaban J connectivity index is 2.34. The van der Waals surface area contributed by atoms with Crippen LogP contribution in [0.3, 0.4) is 0 Å². The van der Waals surface area contributed by atoms with E-state index in [4.69, 9.17) is 17.3 Å². The van der Waals surface area contributed by atoms with E-state index >= 15 is 0 Å². The number of amides is 1. The van der Waals surface area contributed by atoms with Crippen LogP contribution in [0, 0.1) is 18.6 Å². The van der Waals surface area contributed by atoms with E-state index in [-0.39, 0.29) is 27.5 Å². The molecule has 0 unspecified atom stereocenters. The molecular weight excluding hydrogens is 286 g/mol. The third kappa shape index (κ3) is 2.72. The maximum atomic E-state index is 13.6. The lowest BCUT2D eigenvalue weighted by molar-refractivity contribution is 0.102. The lowest BCUT2D eigenvalue weighted by Gasteiger charge is -2.10. The first kappa shape index (κ1) is 14.3. The first-order valence-corrected chi connectivity index (χ1v) is 6.09. The van der Waals surface area contributed by atoms with Gasteiger partial charge in [0.25, 0.3) is 5.91 Å². The van der Waals surface area contributed by atoms with Crippen molar-refractivity contribution < 1.29 is 13.6 Å². The highest BCUT2D eigenvalue weighted by Crippen LogP contribution is 2.26. The predicted octanol–water partition coefficient (Wildman–Crippen LogP) is 3.76. The Morgan fingerprint density at radius 3 is 2.55 bits per heavy atom. The summed E-state index contributed by atoms with van der Waals surface area (Å²) >= 11 is 5.80. The molecule has 1 amide bonds. The zero-order valence-electron chi connectivity index (χ0n) is 10.5. The summed E-state index contributed by atoms with van der Waals surface area (Å²) in [5, 5.41) is 2.36. The van der Waals surface area contributed by atoms with Crippen LogP contribution in [0.1, 0.15) is 15.9 Å². The Hall–Kier alpha value is -2.14. The van der Waals surface area contributed by atoms with Gasteiger partial charge in [0, 0.05) is 16.8 Å². The van der Waals surface area contributed by atoms with E-state index < -0.39 is 17.5 Å². The molecule has 0 heterocycles. The molecule has 0 aliphatic heterocycles. The molecule has 0 aromatic heterocycles. The van der Waals surface area contributed by atoms with E-state index in [2.05, 4.69) is 5.32 Å². The Labute approximate surface area is 119 Å². The molecule has 104 valence electrons. The van der Waals surface area contributed by atoms with Gasteiger partial charge in [0.05, 0.1) is 10.7 Å². The maximum absolute atomic E-state index is 13.6. The van der Waals surface area contributed by atoms with Gasteiger partial charge in [0.2, 0.25) is 0 Å². The number of hydrogen-bond donors (Lipinski definition) is 2. The molecule has 0 aliphatic rings. The summed E-state index contributed by atoms with van der Waals surface area (Å²) in [5.41, 5.74) is 5.83. The molecule has 2 aromatic rings. The molecule has 0 saturated carbocycles. The summed E-state index contributed by atoms with van der Waals surface area (Å²) in [5.74, 6) is -1.97. The largest absolute Gasteiger partial charge is 0.398 e. The zero-order valence-corrected chi connectivity index (χ0v) is 11.3. The number of benzene rings is 2. The van der Waals surface area contributed by atoms with Crippen molar-refractivity contribution in [3.05, 3.63) is 58.1 Å². The number of para-hydroxylation sites is 1. The molecule has 20 heavy (non-hydrogen) atoms. The van der Waals surface area contributed by atoms with Gasteiger partial charge in [-0.2, -0.15) is 0 Å². The van der Waals surface area contributed by atoms with Crippen molar-refractivity contribution in [3.8, 4) is 0 Å². The maximum Gasteiger partial charge on any atom is 0.255 e. The highest BCUT2D eigenvalue weighted by atomic mass is 35.5. The van der Waals surface area contributed by atoms with Crippen LogP contribution < -0.4 is 11.1 Å². The minimum Gasteiger partial charge on any atom is -0.398 e. The zero-order chi connectivity index (χ0) is 14.9. The molecule has 0 aliphatic carbocycles. The highest BCUT2D eigenvalue weighted by Gasteiger charge is 2.14. The number of nitrogen functional groups attached to an aromatic ring is 1. The SMILES string of the molecule is Cc1c(N)cc(C(=O)Nc2c(F)cccc2Cl)cc1F. The van der Waals surface area contributed by atoms with E-state index in [0.717, 1.165) is 12.1 Å². The molecular formula is C14H11ClF2N2O. The summed E-state index contributed by atoms with van der Waals surface area (Å²) < 4.78 is 27.1. The fourth-order valence-corrected chi connectivity index (χ4v) is 1.84. The fraction of sp³-hybridized carbons (Fsp3) is 0.0714. The highest BCUT2D eigenvalue weighted by molar-refractivity contribution is 6.34. The number of carbonyl (C=O) groups is 1. The van der Waals surface area contributed by atoms with Gasteiger partial charge in [-0.15, -0.1) is 0 Å². The molecule has 0 radical (unpaired) electrons. The number of halogens is 3. The molecule has 3 N–H and O–H groups in total. The number of carbonyl (C=O) groups excluding carboxylic acids is 1. The van der Waals surface area contributed by atoms with Gasteiger partial charge in [0.1, 0.15) is 11.6 Å². The Bertz CT molecular complexity index is 646. The van der Waals surface area contributed by atoms with Crippen molar-refractivity contribution >= 4 is 28.9 Å². The van der Waals surface area contributed by atoms with Gasteiger partial charge >= 0.3 is 0 Å². The summed E-state index contributed by atoms with van der Waals surface area (Å²) in [4.78, 5) is 12.0. The van der Waals surface area contributed by atoms with Gasteiger partial charge in [-0.1, -0.05) is 17.7 Å². The third-order valence-electron chi connectivity index (χ3n) is 2.85. The Kier molecular flexibility index (Phi) is 3.90. The summed E-state index contributed by atoms with van der Waals surface area (Å²) in [6.07, 6.45) is 0. The predicted molar refractivity (Wildman–Crippen MR) is 74.9 cm³/mol. The first-order chi connectivity index (χ1) is 9.40. The second kappa shape index (κ2) is 5.46. The number of anilines is 2. The third-order valence-corrected chi connectivity index (χ3v) is 3.16. The van der Waals surface area contributed by atoms with Gasteiger partial charge in [0.15, 0.2) is 0 Å². The number of hydrogen-bond acceptors (Lipinski definition) is 2. The first-order valence-electron chi connectivity index (χ1n) is 5.71. The van der Waals surface area contributed by atoms with Crippen LogP contribution in [0.15, 0.2) is 30.3 Å². The standard InChI is InChI=1S/C14H11ClF2N2O/c1-7-11(17)5-8(6-12(7)18)14(20)19-13-9(15)3-2-4-10(13)16/h2-6H,18H2,1H3,(H,19,20). The van der Waals surface area contributed by atoms with Gasteiger partial charge < -0.3 is 11.1 Å². The molecule has 2 aromatic carbocycles. The van der Waals surface area contributed by atoms with Crippen LogP contribution in [0.2, 0.25) is 5.02 Å². The lowest BCUT2D eigenvalue weighted by Crippen LogP contribution is -2.14. The van der Waals surface area contributed by atoms with Gasteiger partial charge in [-0.25, -0.2) is 8.78 Å². The topological polar surface area (TPSA) is 55.1 Å². The van der Waals surface area contributed by atoms with Crippen LogP contribution in [0.25, 0.3) is 0 Å². The van der Waals surface area contributed by atoms with Crippen molar-refractivity contribution in [1.29, 1.82) is 0 Å². The normalized spacial score (nSPS) is 10.4. The lowest BCUT2D eigenvalue weighted by atomic mass is 10.1. The van der Waals surface area contributed by atoms with E-state index in [1.165, 1.54) is 25.1 Å². The molecule has 2 rings (SSSR count). The minimum atomic E-state index is -0.692. The number of rotatable bonds is 2. The van der Waals surface area contributed by atoms with Crippen LogP contribution in [-0.2, 0) is 0 Å². The van der Waals surface area contributed by atoms with E-state index in [1.54, 1.807) is 0 Å². The average molecular weight is 297 g/mol. The second-order valence-corrected chi connectivity index (χ2v) is 4.63. The molecule has 0 fully saturated rings. The van der Waals surface area contributed by atoms with Crippen molar-refractivity contribution in [2.45, 2.75) is 6.92 Å². The van der Waals surface area contributed by atoms with Crippen molar-refractivity contribution in [3.63, 3.8) is 0 Å². The molecule has 0 spiro atoms. The Morgan fingerprint density at radius 1 is 1.25 bits per heavy atom. The monoisotopic (exact) mass is 296 g/mol. The van der Waals surface area contributed by atoms with Crippen LogP contribution in [-0.4, -0.2) is 5.91 Å². The molecule has 0 saturated heterocycles. The van der Waals surface area contributed by atoms with Gasteiger partial charge in [-0.3, -0.25) is 4.79 Å². The van der Waals surface area contributed by atoms with Crippen LogP contribution >= 0.6 is 11.6 Å².